The zero-order chi connectivity index (χ0) is 13.0. The van der Waals surface area contributed by atoms with E-state index in [0.29, 0.717) is 18.5 Å². The second-order valence-corrected chi connectivity index (χ2v) is 6.29. The Morgan fingerprint density at radius 2 is 2.17 bits per heavy atom. The van der Waals surface area contributed by atoms with E-state index in [0.717, 1.165) is 24.1 Å². The Labute approximate surface area is 118 Å². The molecule has 1 saturated carbocycles. The second kappa shape index (κ2) is 6.58. The number of rotatable bonds is 5. The van der Waals surface area contributed by atoms with Crippen molar-refractivity contribution in [2.75, 3.05) is 12.4 Å². The van der Waals surface area contributed by atoms with Gasteiger partial charge >= 0.3 is 0 Å². The third kappa shape index (κ3) is 3.07. The summed E-state index contributed by atoms with van der Waals surface area (Å²) in [5, 5.41) is 0. The van der Waals surface area contributed by atoms with Gasteiger partial charge in [-0.1, -0.05) is 19.8 Å². The van der Waals surface area contributed by atoms with Crippen LogP contribution in [0.5, 0.6) is 0 Å². The summed E-state index contributed by atoms with van der Waals surface area (Å²) in [6.45, 7) is 2.79. The molecule has 4 heteroatoms. The third-order valence-corrected chi connectivity index (χ3v) is 4.96. The van der Waals surface area contributed by atoms with E-state index >= 15 is 0 Å². The van der Waals surface area contributed by atoms with Gasteiger partial charge in [0.25, 0.3) is 5.91 Å². The molecule has 0 aliphatic heterocycles. The quantitative estimate of drug-likeness (QED) is 0.751. The zero-order valence-corrected chi connectivity index (χ0v) is 12.4. The highest BCUT2D eigenvalue weighted by molar-refractivity contribution is 7.14. The number of aryl methyl sites for hydroxylation is 1. The highest BCUT2D eigenvalue weighted by Gasteiger charge is 2.27. The standard InChI is InChI=1S/C14H20ClNOS/c1-2-12-7-8-13(18-12)14(17)16(10-9-15)11-5-3-4-6-11/h7-8,11H,2-6,9-10H2,1H3. The van der Waals surface area contributed by atoms with Crippen molar-refractivity contribution >= 4 is 28.8 Å². The maximum absolute atomic E-state index is 12.5. The normalized spacial score (nSPS) is 16.1. The number of carbonyl (C=O) groups excluding carboxylic acids is 1. The number of hydrogen-bond donors (Lipinski definition) is 0. The number of thiophene rings is 1. The molecule has 0 spiro atoms. The van der Waals surface area contributed by atoms with Crippen LogP contribution in [0.1, 0.15) is 47.2 Å². The molecule has 1 aliphatic carbocycles. The fourth-order valence-electron chi connectivity index (χ4n) is 2.58. The van der Waals surface area contributed by atoms with E-state index < -0.39 is 0 Å². The van der Waals surface area contributed by atoms with Gasteiger partial charge in [0.2, 0.25) is 0 Å². The molecular weight excluding hydrogens is 266 g/mol. The smallest absolute Gasteiger partial charge is 0.264 e. The highest BCUT2D eigenvalue weighted by atomic mass is 35.5. The molecule has 2 nitrogen and oxygen atoms in total. The molecule has 0 aromatic carbocycles. The van der Waals surface area contributed by atoms with Crippen LogP contribution in [-0.4, -0.2) is 29.3 Å². The van der Waals surface area contributed by atoms with Crippen LogP contribution < -0.4 is 0 Å². The lowest BCUT2D eigenvalue weighted by atomic mass is 10.2. The van der Waals surface area contributed by atoms with Crippen molar-refractivity contribution in [1.82, 2.24) is 4.90 Å². The van der Waals surface area contributed by atoms with Gasteiger partial charge in [-0.15, -0.1) is 22.9 Å². The van der Waals surface area contributed by atoms with Gasteiger partial charge in [0, 0.05) is 23.3 Å². The summed E-state index contributed by atoms with van der Waals surface area (Å²) in [6.07, 6.45) is 5.74. The van der Waals surface area contributed by atoms with Gasteiger partial charge in [-0.25, -0.2) is 0 Å². The molecule has 0 unspecified atom stereocenters. The van der Waals surface area contributed by atoms with Crippen molar-refractivity contribution in [3.8, 4) is 0 Å². The molecule has 0 saturated heterocycles. The Bertz CT molecular complexity index is 398. The predicted octanol–water partition coefficient (Wildman–Crippen LogP) is 3.93. The van der Waals surface area contributed by atoms with Gasteiger partial charge in [-0.2, -0.15) is 0 Å². The molecule has 0 bridgehead atoms. The summed E-state index contributed by atoms with van der Waals surface area (Å²) in [5.74, 6) is 0.695. The van der Waals surface area contributed by atoms with E-state index in [1.165, 1.54) is 17.7 Å². The van der Waals surface area contributed by atoms with Crippen LogP contribution in [0.3, 0.4) is 0 Å². The Morgan fingerprint density at radius 1 is 1.44 bits per heavy atom. The van der Waals surface area contributed by atoms with E-state index in [4.69, 9.17) is 11.6 Å². The molecule has 100 valence electrons. The summed E-state index contributed by atoms with van der Waals surface area (Å²) in [5.41, 5.74) is 0. The van der Waals surface area contributed by atoms with Gasteiger partial charge < -0.3 is 4.90 Å². The average Bonchev–Trinajstić information content (AvgIpc) is 3.05. The van der Waals surface area contributed by atoms with E-state index in [9.17, 15) is 4.79 Å². The van der Waals surface area contributed by atoms with Crippen molar-refractivity contribution in [2.24, 2.45) is 0 Å². The van der Waals surface area contributed by atoms with Gasteiger partial charge in [-0.3, -0.25) is 4.79 Å². The number of carbonyl (C=O) groups is 1. The topological polar surface area (TPSA) is 20.3 Å². The first-order chi connectivity index (χ1) is 8.76. The van der Waals surface area contributed by atoms with Crippen molar-refractivity contribution in [2.45, 2.75) is 45.1 Å². The van der Waals surface area contributed by atoms with Crippen LogP contribution in [0.4, 0.5) is 0 Å². The molecule has 18 heavy (non-hydrogen) atoms. The fourth-order valence-corrected chi connectivity index (χ4v) is 3.67. The van der Waals surface area contributed by atoms with E-state index in [1.54, 1.807) is 11.3 Å². The van der Waals surface area contributed by atoms with Crippen LogP contribution >= 0.6 is 22.9 Å². The number of hydrogen-bond acceptors (Lipinski definition) is 2. The Morgan fingerprint density at radius 3 is 2.72 bits per heavy atom. The molecule has 2 rings (SSSR count). The van der Waals surface area contributed by atoms with Crippen molar-refractivity contribution < 1.29 is 4.79 Å². The monoisotopic (exact) mass is 285 g/mol. The summed E-state index contributed by atoms with van der Waals surface area (Å²) < 4.78 is 0. The molecule has 1 aromatic rings. The minimum Gasteiger partial charge on any atom is -0.334 e. The summed E-state index contributed by atoms with van der Waals surface area (Å²) in [6, 6.07) is 4.43. The minimum absolute atomic E-state index is 0.173. The number of alkyl halides is 1. The number of nitrogens with zero attached hydrogens (tertiary/aromatic N) is 1. The molecule has 1 heterocycles. The first kappa shape index (κ1) is 13.9. The van der Waals surface area contributed by atoms with Crippen molar-refractivity contribution in [3.63, 3.8) is 0 Å². The second-order valence-electron chi connectivity index (χ2n) is 4.75. The Balaban J connectivity index is 2.11. The summed E-state index contributed by atoms with van der Waals surface area (Å²) in [4.78, 5) is 16.7. The first-order valence-electron chi connectivity index (χ1n) is 6.72. The van der Waals surface area contributed by atoms with E-state index in [2.05, 4.69) is 13.0 Å². The van der Waals surface area contributed by atoms with Crippen molar-refractivity contribution in [1.29, 1.82) is 0 Å². The molecule has 1 fully saturated rings. The lowest BCUT2D eigenvalue weighted by Gasteiger charge is -2.27. The lowest BCUT2D eigenvalue weighted by Crippen LogP contribution is -2.39. The van der Waals surface area contributed by atoms with Crippen LogP contribution in [0.15, 0.2) is 12.1 Å². The summed E-state index contributed by atoms with van der Waals surface area (Å²) in [7, 11) is 0. The predicted molar refractivity (Wildman–Crippen MR) is 77.7 cm³/mol. The lowest BCUT2D eigenvalue weighted by molar-refractivity contribution is 0.0700. The highest BCUT2D eigenvalue weighted by Crippen LogP contribution is 2.27. The molecule has 1 aromatic heterocycles. The number of amides is 1. The van der Waals surface area contributed by atoms with Gasteiger partial charge in [0.05, 0.1) is 4.88 Å². The van der Waals surface area contributed by atoms with Crippen LogP contribution in [0.25, 0.3) is 0 Å². The van der Waals surface area contributed by atoms with Crippen LogP contribution in [-0.2, 0) is 6.42 Å². The van der Waals surface area contributed by atoms with Gasteiger partial charge in [-0.05, 0) is 31.4 Å². The minimum atomic E-state index is 0.173. The maximum atomic E-state index is 12.5. The first-order valence-corrected chi connectivity index (χ1v) is 8.07. The molecule has 1 aliphatic rings. The largest absolute Gasteiger partial charge is 0.334 e. The zero-order valence-electron chi connectivity index (χ0n) is 10.8. The Hall–Kier alpha value is -0.540. The van der Waals surface area contributed by atoms with Crippen molar-refractivity contribution in [3.05, 3.63) is 21.9 Å². The van der Waals surface area contributed by atoms with Crippen LogP contribution in [0, 0.1) is 0 Å². The molecule has 1 amide bonds. The molecular formula is C14H20ClNOS. The average molecular weight is 286 g/mol. The van der Waals surface area contributed by atoms with E-state index in [1.807, 2.05) is 11.0 Å². The van der Waals surface area contributed by atoms with E-state index in [-0.39, 0.29) is 5.91 Å². The number of halogens is 1. The molecule has 0 N–H and O–H groups in total. The summed E-state index contributed by atoms with van der Waals surface area (Å²) >= 11 is 7.47. The van der Waals surface area contributed by atoms with Gasteiger partial charge in [0.1, 0.15) is 0 Å². The van der Waals surface area contributed by atoms with Gasteiger partial charge in [0.15, 0.2) is 0 Å². The van der Waals surface area contributed by atoms with Crippen LogP contribution in [0.2, 0.25) is 0 Å². The maximum Gasteiger partial charge on any atom is 0.264 e. The SMILES string of the molecule is CCc1ccc(C(=O)N(CCCl)C2CCCC2)s1. The third-order valence-electron chi connectivity index (χ3n) is 3.57. The molecule has 0 atom stereocenters. The Kier molecular flexibility index (Phi) is 5.07. The fraction of sp³-hybridized carbons (Fsp3) is 0.643. The molecule has 0 radical (unpaired) electrons.